The molecule has 0 spiro atoms. The maximum atomic E-state index is 14.5. The lowest BCUT2D eigenvalue weighted by molar-refractivity contribution is -0.157. The van der Waals surface area contributed by atoms with Crippen molar-refractivity contribution in [3.8, 4) is 0 Å². The van der Waals surface area contributed by atoms with E-state index in [4.69, 9.17) is 24.7 Å². The molecule has 0 radical (unpaired) electrons. The topological polar surface area (TPSA) is 169 Å². The lowest BCUT2D eigenvalue weighted by Crippen LogP contribution is -2.54. The number of nitrogens with zero attached hydrogens (tertiary/aromatic N) is 3. The molecule has 0 aromatic carbocycles. The van der Waals surface area contributed by atoms with Crippen LogP contribution >= 0.6 is 7.44 Å². The molecule has 0 amide bonds. The second kappa shape index (κ2) is 15.4. The standard InChI is InChI=1S/C29H51N6O7P/c1-10-11-12-13-16-40-25(36)28(5,6)33-43(38,34-29(7,8)26(37)41-18-27(3,4)39-9)20-42-21(2)17-35-19-32-23-22(30)14-15-31-24(23)35/h14-15,19,21H,10-13,16-18,20H2,1-9H3,(H2,30,31)(H2,33,34,38)/t21-,43?/m1/s1. The molecular weight excluding hydrogens is 575 g/mol. The van der Waals surface area contributed by atoms with E-state index in [0.29, 0.717) is 23.4 Å². The van der Waals surface area contributed by atoms with Gasteiger partial charge in [0.1, 0.15) is 29.5 Å². The van der Waals surface area contributed by atoms with Crippen LogP contribution in [0.15, 0.2) is 18.6 Å². The van der Waals surface area contributed by atoms with E-state index in [1.54, 1.807) is 64.7 Å². The molecule has 14 heteroatoms. The first kappa shape index (κ1) is 36.6. The number of hydrogen-bond acceptors (Lipinski definition) is 10. The largest absolute Gasteiger partial charge is 0.464 e. The van der Waals surface area contributed by atoms with Crippen molar-refractivity contribution in [2.75, 3.05) is 32.4 Å². The number of methoxy groups -OCH3 is 1. The molecular formula is C29H51N6O7P. The Hall–Kier alpha value is -2.57. The molecule has 43 heavy (non-hydrogen) atoms. The van der Waals surface area contributed by atoms with Gasteiger partial charge in [-0.15, -0.1) is 0 Å². The number of nitrogens with two attached hydrogens (primary N) is 1. The normalized spacial score (nSPS) is 14.8. The third kappa shape index (κ3) is 11.1. The maximum Gasteiger partial charge on any atom is 0.326 e. The summed E-state index contributed by atoms with van der Waals surface area (Å²) in [5, 5.41) is 5.85. The van der Waals surface area contributed by atoms with Gasteiger partial charge in [-0.3, -0.25) is 14.2 Å². The fraction of sp³-hybridized carbons (Fsp3) is 0.724. The summed E-state index contributed by atoms with van der Waals surface area (Å²) < 4.78 is 38.6. The predicted molar refractivity (Wildman–Crippen MR) is 167 cm³/mol. The predicted octanol–water partition coefficient (Wildman–Crippen LogP) is 4.40. The molecule has 2 aromatic rings. The van der Waals surface area contributed by atoms with Crippen molar-refractivity contribution in [1.29, 1.82) is 0 Å². The summed E-state index contributed by atoms with van der Waals surface area (Å²) >= 11 is 0. The first-order valence-electron chi connectivity index (χ1n) is 14.7. The van der Waals surface area contributed by atoms with Crippen LogP contribution in [0.25, 0.3) is 11.2 Å². The van der Waals surface area contributed by atoms with Crippen molar-refractivity contribution in [2.24, 2.45) is 0 Å². The van der Waals surface area contributed by atoms with Crippen molar-refractivity contribution in [3.63, 3.8) is 0 Å². The van der Waals surface area contributed by atoms with Gasteiger partial charge in [0, 0.05) is 13.3 Å². The van der Waals surface area contributed by atoms with Crippen molar-refractivity contribution < 1.29 is 33.1 Å². The number of ether oxygens (including phenoxy) is 4. The summed E-state index contributed by atoms with van der Waals surface area (Å²) in [6, 6.07) is 1.67. The van der Waals surface area contributed by atoms with Gasteiger partial charge in [0.2, 0.25) is 7.44 Å². The van der Waals surface area contributed by atoms with E-state index < -0.39 is 42.2 Å². The Morgan fingerprint density at radius 2 is 1.65 bits per heavy atom. The van der Waals surface area contributed by atoms with E-state index >= 15 is 0 Å². The average molecular weight is 627 g/mol. The van der Waals surface area contributed by atoms with E-state index in [1.807, 2.05) is 6.92 Å². The fourth-order valence-electron chi connectivity index (χ4n) is 4.12. The van der Waals surface area contributed by atoms with Crippen molar-refractivity contribution in [1.82, 2.24) is 24.7 Å². The third-order valence-electron chi connectivity index (χ3n) is 6.80. The maximum absolute atomic E-state index is 14.5. The molecule has 244 valence electrons. The van der Waals surface area contributed by atoms with Gasteiger partial charge in [0.25, 0.3) is 0 Å². The number of unbranched alkanes of at least 4 members (excludes halogenated alkanes) is 3. The van der Waals surface area contributed by atoms with Crippen LogP contribution in [-0.2, 0) is 39.6 Å². The number of anilines is 1. The van der Waals surface area contributed by atoms with Crippen molar-refractivity contribution in [3.05, 3.63) is 18.6 Å². The molecule has 2 rings (SSSR count). The number of hydrogen-bond donors (Lipinski definition) is 3. The molecule has 13 nitrogen and oxygen atoms in total. The van der Waals surface area contributed by atoms with Crippen molar-refractivity contribution >= 4 is 36.2 Å². The van der Waals surface area contributed by atoms with E-state index in [2.05, 4.69) is 27.1 Å². The zero-order valence-corrected chi connectivity index (χ0v) is 28.1. The first-order chi connectivity index (χ1) is 20.0. The average Bonchev–Trinajstić information content (AvgIpc) is 3.33. The molecule has 0 aliphatic heterocycles. The molecule has 4 N–H and O–H groups in total. The molecule has 0 fully saturated rings. The molecule has 0 bridgehead atoms. The summed E-state index contributed by atoms with van der Waals surface area (Å²) in [6.45, 7) is 14.4. The summed E-state index contributed by atoms with van der Waals surface area (Å²) in [5.74, 6) is -1.20. The molecule has 2 heterocycles. The van der Waals surface area contributed by atoms with Gasteiger partial charge in [-0.05, 0) is 61.0 Å². The van der Waals surface area contributed by atoms with Crippen LogP contribution in [0.1, 0.15) is 81.1 Å². The van der Waals surface area contributed by atoms with E-state index in [9.17, 15) is 14.2 Å². The number of pyridine rings is 1. The summed E-state index contributed by atoms with van der Waals surface area (Å²) in [6.07, 6.45) is 6.23. The van der Waals surface area contributed by atoms with Crippen LogP contribution in [0.5, 0.6) is 0 Å². The monoisotopic (exact) mass is 626 g/mol. The Bertz CT molecular complexity index is 1260. The second-order valence-electron chi connectivity index (χ2n) is 12.5. The highest BCUT2D eigenvalue weighted by Gasteiger charge is 2.43. The lowest BCUT2D eigenvalue weighted by Gasteiger charge is -2.36. The zero-order chi connectivity index (χ0) is 32.5. The molecule has 2 atom stereocenters. The number of nitrogen functional groups attached to an aromatic ring is 1. The highest BCUT2D eigenvalue weighted by atomic mass is 31.2. The molecule has 0 saturated heterocycles. The Kier molecular flexibility index (Phi) is 13.1. The number of esters is 2. The smallest absolute Gasteiger partial charge is 0.326 e. The molecule has 0 aliphatic carbocycles. The van der Waals surface area contributed by atoms with Crippen LogP contribution in [0, 0.1) is 0 Å². The Morgan fingerprint density at radius 3 is 2.26 bits per heavy atom. The number of carbonyl (C=O) groups excluding carboxylic acids is 2. The summed E-state index contributed by atoms with van der Waals surface area (Å²) in [7, 11) is -2.28. The van der Waals surface area contributed by atoms with Crippen LogP contribution in [0.3, 0.4) is 0 Å². The molecule has 1 unspecified atom stereocenters. The Balaban J connectivity index is 2.20. The van der Waals surface area contributed by atoms with Crippen molar-refractivity contribution in [2.45, 2.75) is 110 Å². The van der Waals surface area contributed by atoms with Crippen LogP contribution in [-0.4, -0.2) is 75.9 Å². The molecule has 2 aromatic heterocycles. The number of aromatic nitrogens is 3. The number of nitrogens with one attached hydrogen (secondary N) is 2. The molecule has 0 aliphatic rings. The SMILES string of the molecule is CCCCCCOC(=O)C(C)(C)NP(=O)(CO[C@H](C)Cn1cnc2c(N)ccnc21)NC(C)(C)C(=O)OCC(C)(C)OC. The zero-order valence-electron chi connectivity index (χ0n) is 27.2. The number of fused-ring (bicyclic) bond motifs is 1. The number of rotatable bonds is 19. The minimum Gasteiger partial charge on any atom is -0.464 e. The third-order valence-corrected chi connectivity index (χ3v) is 9.16. The Labute approximate surface area is 255 Å². The minimum absolute atomic E-state index is 0.00797. The van der Waals surface area contributed by atoms with Crippen LogP contribution in [0.2, 0.25) is 0 Å². The molecule has 0 saturated carbocycles. The van der Waals surface area contributed by atoms with Gasteiger partial charge >= 0.3 is 11.9 Å². The van der Waals surface area contributed by atoms with E-state index in [1.165, 1.54) is 7.11 Å². The van der Waals surface area contributed by atoms with E-state index in [0.717, 1.165) is 25.7 Å². The number of carbonyl (C=O) groups is 2. The van der Waals surface area contributed by atoms with E-state index in [-0.39, 0.29) is 19.6 Å². The van der Waals surface area contributed by atoms with Gasteiger partial charge in [-0.1, -0.05) is 26.2 Å². The minimum atomic E-state index is -3.81. The van der Waals surface area contributed by atoms with Gasteiger partial charge < -0.3 is 29.2 Å². The fourth-order valence-corrected chi connectivity index (χ4v) is 6.76. The quantitative estimate of drug-likeness (QED) is 0.114. The highest BCUT2D eigenvalue weighted by Crippen LogP contribution is 2.42. The van der Waals surface area contributed by atoms with Gasteiger partial charge in [-0.2, -0.15) is 0 Å². The summed E-state index contributed by atoms with van der Waals surface area (Å²) in [4.78, 5) is 34.8. The highest BCUT2D eigenvalue weighted by molar-refractivity contribution is 7.59. The van der Waals surface area contributed by atoms with Crippen LogP contribution < -0.4 is 15.9 Å². The Morgan fingerprint density at radius 1 is 1.02 bits per heavy atom. The van der Waals surface area contributed by atoms with Gasteiger partial charge in [0.15, 0.2) is 5.65 Å². The first-order valence-corrected chi connectivity index (χ1v) is 16.6. The lowest BCUT2D eigenvalue weighted by atomic mass is 10.1. The van der Waals surface area contributed by atoms with Crippen LogP contribution in [0.4, 0.5) is 5.69 Å². The number of imidazole rings is 1. The van der Waals surface area contributed by atoms with Gasteiger partial charge in [-0.25, -0.2) is 20.1 Å². The second-order valence-corrected chi connectivity index (χ2v) is 14.7. The van der Waals surface area contributed by atoms with Gasteiger partial charge in [0.05, 0.1) is 36.9 Å². The summed E-state index contributed by atoms with van der Waals surface area (Å²) in [5.41, 5.74) is 4.21.